The monoisotopic (exact) mass is 570 g/mol. The normalized spacial score (nSPS) is 10.8. The van der Waals surface area contributed by atoms with Gasteiger partial charge in [-0.3, -0.25) is 0 Å². The van der Waals surface area contributed by atoms with Gasteiger partial charge in [-0.05, 0) is 103 Å². The van der Waals surface area contributed by atoms with Crippen LogP contribution >= 0.6 is 15.9 Å². The molecule has 0 fully saturated rings. The van der Waals surface area contributed by atoms with E-state index in [1.54, 1.807) is 0 Å². The van der Waals surface area contributed by atoms with Crippen LogP contribution in [-0.4, -0.2) is 15.7 Å². The Balaban J connectivity index is 1.53. The fourth-order valence-corrected chi connectivity index (χ4v) is 5.08. The van der Waals surface area contributed by atoms with E-state index in [4.69, 9.17) is 0 Å². The summed E-state index contributed by atoms with van der Waals surface area (Å²) in [5, 5.41) is 0. The number of anilines is 6. The highest BCUT2D eigenvalue weighted by atomic mass is 79.9. The molecule has 0 heterocycles. The molecule has 0 radical (unpaired) electrons. The lowest BCUT2D eigenvalue weighted by Gasteiger charge is -2.28. The summed E-state index contributed by atoms with van der Waals surface area (Å²) in [7, 11) is 4.26. The van der Waals surface area contributed by atoms with Gasteiger partial charge in [0.15, 0.2) is 0 Å². The number of benzene rings is 5. The quantitative estimate of drug-likeness (QED) is 0.172. The van der Waals surface area contributed by atoms with Crippen LogP contribution in [0.25, 0.3) is 0 Å². The summed E-state index contributed by atoms with van der Waals surface area (Å²) in [5.74, 6) is 0. The minimum absolute atomic E-state index is 1.07. The lowest BCUT2D eigenvalue weighted by molar-refractivity contribution is 0.795. The lowest BCUT2D eigenvalue weighted by atomic mass is 9.96. The molecule has 5 rings (SSSR count). The molecule has 0 aromatic heterocycles. The second-order valence-electron chi connectivity index (χ2n) is 10.1. The van der Waals surface area contributed by atoms with Crippen molar-refractivity contribution in [3.8, 4) is 0 Å². The maximum absolute atomic E-state index is 3.58. The van der Waals surface area contributed by atoms with Crippen LogP contribution in [0.5, 0.6) is 0 Å². The second kappa shape index (κ2) is 12.4. The van der Waals surface area contributed by atoms with Crippen molar-refractivity contribution in [3.63, 3.8) is 0 Å². The molecule has 39 heavy (non-hydrogen) atoms. The van der Waals surface area contributed by atoms with Crippen LogP contribution in [0.4, 0.5) is 34.1 Å². The molecule has 0 spiro atoms. The summed E-state index contributed by atoms with van der Waals surface area (Å²) in [6, 6.07) is 43.9. The Kier molecular flexibility index (Phi) is 8.58. The first-order chi connectivity index (χ1) is 19.0. The standard InChI is InChI=1S/C34H33B2BrN2/c1-2-3-4-25-5-13-29(14-6-25)38(30-15-7-26(35)8-16-30)33-21-23-34(24-22-33)39(31-17-9-27(36)10-18-31)32-19-11-28(37)12-20-32/h5-24H,2-4,35-36H2,1H3. The summed E-state index contributed by atoms with van der Waals surface area (Å²) in [5.41, 5.74) is 10.7. The summed E-state index contributed by atoms with van der Waals surface area (Å²) < 4.78 is 1.07. The van der Waals surface area contributed by atoms with Gasteiger partial charge < -0.3 is 9.80 Å². The van der Waals surface area contributed by atoms with E-state index in [0.717, 1.165) is 45.0 Å². The fourth-order valence-electron chi connectivity index (χ4n) is 4.82. The first-order valence-electron chi connectivity index (χ1n) is 13.7. The molecule has 5 aromatic rings. The topological polar surface area (TPSA) is 6.48 Å². The first kappa shape index (κ1) is 26.9. The van der Waals surface area contributed by atoms with Crippen LogP contribution in [0.15, 0.2) is 126 Å². The zero-order chi connectivity index (χ0) is 27.2. The van der Waals surface area contributed by atoms with E-state index >= 15 is 0 Å². The zero-order valence-electron chi connectivity index (χ0n) is 22.9. The molecule has 0 saturated heterocycles. The molecule has 5 aromatic carbocycles. The smallest absolute Gasteiger partial charge is 0.139 e. The van der Waals surface area contributed by atoms with Gasteiger partial charge in [0.1, 0.15) is 15.7 Å². The van der Waals surface area contributed by atoms with Gasteiger partial charge >= 0.3 is 0 Å². The van der Waals surface area contributed by atoms with Crippen molar-refractivity contribution in [2.24, 2.45) is 0 Å². The first-order valence-corrected chi connectivity index (χ1v) is 14.5. The number of nitrogens with zero attached hydrogens (tertiary/aromatic N) is 2. The average Bonchev–Trinajstić information content (AvgIpc) is 2.97. The van der Waals surface area contributed by atoms with Crippen molar-refractivity contribution >= 4 is 76.7 Å². The van der Waals surface area contributed by atoms with E-state index in [-0.39, 0.29) is 0 Å². The van der Waals surface area contributed by atoms with Gasteiger partial charge in [-0.25, -0.2) is 0 Å². The van der Waals surface area contributed by atoms with Crippen molar-refractivity contribution in [1.29, 1.82) is 0 Å². The third kappa shape index (κ3) is 6.49. The van der Waals surface area contributed by atoms with Gasteiger partial charge in [-0.1, -0.05) is 76.6 Å². The molecule has 0 aliphatic heterocycles. The van der Waals surface area contributed by atoms with Crippen LogP contribution in [0.2, 0.25) is 0 Å². The second-order valence-corrected chi connectivity index (χ2v) is 11.0. The van der Waals surface area contributed by atoms with E-state index in [1.165, 1.54) is 29.3 Å². The molecule has 0 saturated carbocycles. The lowest BCUT2D eigenvalue weighted by Crippen LogP contribution is -2.13. The molecular weight excluding hydrogens is 538 g/mol. The van der Waals surface area contributed by atoms with Crippen LogP contribution < -0.4 is 20.7 Å². The minimum Gasteiger partial charge on any atom is -0.311 e. The average molecular weight is 571 g/mol. The van der Waals surface area contributed by atoms with Gasteiger partial charge in [-0.2, -0.15) is 0 Å². The zero-order valence-corrected chi connectivity index (χ0v) is 24.5. The Morgan fingerprint density at radius 1 is 0.487 bits per heavy atom. The van der Waals surface area contributed by atoms with E-state index < -0.39 is 0 Å². The van der Waals surface area contributed by atoms with Crippen LogP contribution in [0, 0.1) is 0 Å². The maximum atomic E-state index is 3.58. The van der Waals surface area contributed by atoms with Gasteiger partial charge in [0, 0.05) is 38.6 Å². The highest BCUT2D eigenvalue weighted by Crippen LogP contribution is 2.39. The summed E-state index contributed by atoms with van der Waals surface area (Å²) >= 11 is 3.58. The summed E-state index contributed by atoms with van der Waals surface area (Å²) in [4.78, 5) is 4.64. The van der Waals surface area contributed by atoms with Crippen LogP contribution in [0.1, 0.15) is 25.3 Å². The largest absolute Gasteiger partial charge is 0.311 e. The van der Waals surface area contributed by atoms with Gasteiger partial charge in [0.05, 0.1) is 0 Å². The van der Waals surface area contributed by atoms with E-state index in [9.17, 15) is 0 Å². The number of halogens is 1. The van der Waals surface area contributed by atoms with Crippen molar-refractivity contribution in [3.05, 3.63) is 131 Å². The summed E-state index contributed by atoms with van der Waals surface area (Å²) in [6.45, 7) is 2.24. The minimum atomic E-state index is 1.07. The van der Waals surface area contributed by atoms with Gasteiger partial charge in [0.25, 0.3) is 0 Å². The highest BCUT2D eigenvalue weighted by molar-refractivity contribution is 9.10. The SMILES string of the molecule is Bc1ccc(N(c2ccc(Br)cc2)c2ccc(N(c3ccc(B)cc3)c3ccc(CCCC)cc3)cc2)cc1. The molecule has 0 bridgehead atoms. The number of aryl methyl sites for hydroxylation is 1. The maximum Gasteiger partial charge on any atom is 0.139 e. The molecule has 0 unspecified atom stereocenters. The molecular formula is C34H33B2BrN2. The molecule has 0 amide bonds. The molecule has 5 heteroatoms. The van der Waals surface area contributed by atoms with Crippen molar-refractivity contribution in [1.82, 2.24) is 0 Å². The van der Waals surface area contributed by atoms with Crippen molar-refractivity contribution in [2.45, 2.75) is 26.2 Å². The van der Waals surface area contributed by atoms with Crippen molar-refractivity contribution in [2.75, 3.05) is 9.80 Å². The third-order valence-electron chi connectivity index (χ3n) is 7.05. The molecule has 2 nitrogen and oxygen atoms in total. The van der Waals surface area contributed by atoms with E-state index in [2.05, 4.69) is 170 Å². The van der Waals surface area contributed by atoms with Crippen molar-refractivity contribution < 1.29 is 0 Å². The number of hydrogen-bond acceptors (Lipinski definition) is 2. The molecule has 0 atom stereocenters. The third-order valence-corrected chi connectivity index (χ3v) is 7.58. The van der Waals surface area contributed by atoms with Gasteiger partial charge in [-0.15, -0.1) is 0 Å². The van der Waals surface area contributed by atoms with Crippen LogP contribution in [0.3, 0.4) is 0 Å². The molecule has 0 aliphatic rings. The predicted molar refractivity (Wildman–Crippen MR) is 178 cm³/mol. The molecule has 192 valence electrons. The predicted octanol–water partition coefficient (Wildman–Crippen LogP) is 7.25. The Morgan fingerprint density at radius 2 is 0.795 bits per heavy atom. The number of unbranched alkanes of at least 4 members (excludes halogenated alkanes) is 1. The number of rotatable bonds is 9. The Bertz CT molecular complexity index is 1440. The van der Waals surface area contributed by atoms with Gasteiger partial charge in [0.2, 0.25) is 0 Å². The Morgan fingerprint density at radius 3 is 1.15 bits per heavy atom. The Hall–Kier alpha value is -3.69. The van der Waals surface area contributed by atoms with E-state index in [0.29, 0.717) is 0 Å². The molecule has 0 aliphatic carbocycles. The molecule has 0 N–H and O–H groups in total. The fraction of sp³-hybridized carbons (Fsp3) is 0.118. The Labute approximate surface area is 243 Å². The highest BCUT2D eigenvalue weighted by Gasteiger charge is 2.16. The number of hydrogen-bond donors (Lipinski definition) is 0. The van der Waals surface area contributed by atoms with E-state index in [1.807, 2.05) is 0 Å². The van der Waals surface area contributed by atoms with Crippen LogP contribution in [-0.2, 0) is 6.42 Å². The summed E-state index contributed by atoms with van der Waals surface area (Å²) in [6.07, 6.45) is 3.56.